The third kappa shape index (κ3) is 4.51. The van der Waals surface area contributed by atoms with Crippen molar-refractivity contribution in [2.45, 2.75) is 33.8 Å². The van der Waals surface area contributed by atoms with Gasteiger partial charge in [0.25, 0.3) is 0 Å². The first kappa shape index (κ1) is 19.2. The highest BCUT2D eigenvalue weighted by Crippen LogP contribution is 2.29. The molecule has 0 saturated heterocycles. The summed E-state index contributed by atoms with van der Waals surface area (Å²) in [6.45, 7) is 7.39. The summed E-state index contributed by atoms with van der Waals surface area (Å²) in [5.74, 6) is 0. The van der Waals surface area contributed by atoms with Gasteiger partial charge in [0.1, 0.15) is 17.7 Å². The van der Waals surface area contributed by atoms with Crippen LogP contribution in [0, 0.1) is 29.6 Å². The maximum atomic E-state index is 8.99. The lowest BCUT2D eigenvalue weighted by atomic mass is 9.97. The molecular formula is C22H23N3O. The average molecular weight is 345 g/mol. The number of hydrogen-bond donors (Lipinski definition) is 0. The lowest BCUT2D eigenvalue weighted by Gasteiger charge is -2.26. The Morgan fingerprint density at radius 1 is 1.08 bits per heavy atom. The van der Waals surface area contributed by atoms with Crippen LogP contribution in [0.3, 0.4) is 0 Å². The van der Waals surface area contributed by atoms with Crippen LogP contribution in [0.25, 0.3) is 6.08 Å². The van der Waals surface area contributed by atoms with Crippen molar-refractivity contribution < 1.29 is 4.84 Å². The predicted molar refractivity (Wildman–Crippen MR) is 104 cm³/mol. The first-order valence-corrected chi connectivity index (χ1v) is 8.73. The van der Waals surface area contributed by atoms with Crippen molar-refractivity contribution in [3.05, 3.63) is 70.3 Å². The molecule has 4 heteroatoms. The Hall–Kier alpha value is -3.08. The van der Waals surface area contributed by atoms with Gasteiger partial charge in [-0.05, 0) is 54.7 Å². The Morgan fingerprint density at radius 3 is 2.35 bits per heavy atom. The molecule has 0 N–H and O–H groups in total. The van der Waals surface area contributed by atoms with E-state index in [0.717, 1.165) is 40.9 Å². The largest absolute Gasteiger partial charge is 0.269 e. The molecule has 0 saturated carbocycles. The molecule has 0 amide bonds. The van der Waals surface area contributed by atoms with Crippen LogP contribution in [0.4, 0.5) is 5.69 Å². The fourth-order valence-corrected chi connectivity index (χ4v) is 2.90. The fourth-order valence-electron chi connectivity index (χ4n) is 2.90. The van der Waals surface area contributed by atoms with E-state index in [2.05, 4.69) is 13.8 Å². The number of rotatable bonds is 7. The Morgan fingerprint density at radius 2 is 1.77 bits per heavy atom. The van der Waals surface area contributed by atoms with E-state index in [1.54, 1.807) is 6.08 Å². The maximum absolute atomic E-state index is 8.99. The SMILES string of the molecule is CCc1c(N(CC)OCc2ccccc2)ccc(C=C(C#N)C#N)c1C. The van der Waals surface area contributed by atoms with Crippen molar-refractivity contribution in [1.29, 1.82) is 10.5 Å². The molecule has 0 unspecified atom stereocenters. The van der Waals surface area contributed by atoms with Gasteiger partial charge < -0.3 is 0 Å². The Balaban J connectivity index is 2.32. The monoisotopic (exact) mass is 345 g/mol. The summed E-state index contributed by atoms with van der Waals surface area (Å²) in [6.07, 6.45) is 2.47. The van der Waals surface area contributed by atoms with E-state index in [0.29, 0.717) is 6.61 Å². The third-order valence-electron chi connectivity index (χ3n) is 4.30. The van der Waals surface area contributed by atoms with Gasteiger partial charge in [-0.25, -0.2) is 0 Å². The molecule has 2 aromatic rings. The lowest BCUT2D eigenvalue weighted by molar-refractivity contribution is 0.0968. The maximum Gasteiger partial charge on any atom is 0.130 e. The van der Waals surface area contributed by atoms with E-state index in [-0.39, 0.29) is 5.57 Å². The second-order valence-electron chi connectivity index (χ2n) is 5.87. The van der Waals surface area contributed by atoms with Gasteiger partial charge in [-0.2, -0.15) is 10.5 Å². The molecule has 0 atom stereocenters. The second kappa shape index (κ2) is 9.42. The van der Waals surface area contributed by atoms with Gasteiger partial charge in [-0.1, -0.05) is 43.3 Å². The zero-order chi connectivity index (χ0) is 18.9. The highest BCUT2D eigenvalue weighted by molar-refractivity contribution is 5.69. The van der Waals surface area contributed by atoms with Crippen LogP contribution in [0.2, 0.25) is 0 Å². The zero-order valence-corrected chi connectivity index (χ0v) is 15.5. The van der Waals surface area contributed by atoms with E-state index in [9.17, 15) is 0 Å². The molecule has 26 heavy (non-hydrogen) atoms. The van der Waals surface area contributed by atoms with Crippen molar-refractivity contribution in [2.75, 3.05) is 11.6 Å². The summed E-state index contributed by atoms with van der Waals surface area (Å²) >= 11 is 0. The first-order chi connectivity index (χ1) is 12.6. The molecule has 0 aliphatic rings. The van der Waals surface area contributed by atoms with Gasteiger partial charge in [-0.3, -0.25) is 9.90 Å². The topological polar surface area (TPSA) is 60.0 Å². The number of allylic oxidation sites excluding steroid dienone is 1. The van der Waals surface area contributed by atoms with Crippen LogP contribution in [0.5, 0.6) is 0 Å². The lowest BCUT2D eigenvalue weighted by Crippen LogP contribution is -2.24. The standard InChI is InChI=1S/C22H23N3O/c1-4-21-17(3)20(13-19(14-23)15-24)11-12-22(21)25(5-2)26-16-18-9-7-6-8-10-18/h6-13H,4-5,16H2,1-3H3. The van der Waals surface area contributed by atoms with Crippen LogP contribution < -0.4 is 5.06 Å². The highest BCUT2D eigenvalue weighted by atomic mass is 16.7. The Kier molecular flexibility index (Phi) is 6.97. The molecule has 2 aromatic carbocycles. The summed E-state index contributed by atoms with van der Waals surface area (Å²) in [6, 6.07) is 17.8. The van der Waals surface area contributed by atoms with Crippen molar-refractivity contribution in [1.82, 2.24) is 0 Å². The number of nitriles is 2. The average Bonchev–Trinajstić information content (AvgIpc) is 2.68. The second-order valence-corrected chi connectivity index (χ2v) is 5.87. The molecule has 0 aliphatic heterocycles. The van der Waals surface area contributed by atoms with Crippen LogP contribution in [0.1, 0.15) is 36.1 Å². The molecule has 0 aromatic heterocycles. The van der Waals surface area contributed by atoms with E-state index < -0.39 is 0 Å². The Labute approximate surface area is 155 Å². The fraction of sp³-hybridized carbons (Fsp3) is 0.273. The van der Waals surface area contributed by atoms with Gasteiger partial charge in [0.2, 0.25) is 0 Å². The molecule has 0 fully saturated rings. The summed E-state index contributed by atoms with van der Waals surface area (Å²) in [5, 5.41) is 19.9. The summed E-state index contributed by atoms with van der Waals surface area (Å²) < 4.78 is 0. The number of hydrogen-bond acceptors (Lipinski definition) is 4. The van der Waals surface area contributed by atoms with Gasteiger partial charge >= 0.3 is 0 Å². The normalized spacial score (nSPS) is 9.88. The summed E-state index contributed by atoms with van der Waals surface area (Å²) in [5.41, 5.74) is 5.36. The van der Waals surface area contributed by atoms with E-state index in [1.807, 2.05) is 66.6 Å². The molecule has 0 radical (unpaired) electrons. The molecule has 0 bridgehead atoms. The van der Waals surface area contributed by atoms with Crippen molar-refractivity contribution in [3.63, 3.8) is 0 Å². The van der Waals surface area contributed by atoms with Gasteiger partial charge in [-0.15, -0.1) is 0 Å². The van der Waals surface area contributed by atoms with Gasteiger partial charge in [0.05, 0.1) is 12.3 Å². The van der Waals surface area contributed by atoms with Crippen molar-refractivity contribution in [3.8, 4) is 12.1 Å². The minimum Gasteiger partial charge on any atom is -0.269 e. The van der Waals surface area contributed by atoms with Crippen molar-refractivity contribution in [2.24, 2.45) is 0 Å². The molecular weight excluding hydrogens is 322 g/mol. The molecule has 0 heterocycles. The van der Waals surface area contributed by atoms with Crippen LogP contribution in [-0.4, -0.2) is 6.54 Å². The summed E-state index contributed by atoms with van der Waals surface area (Å²) in [4.78, 5) is 6.04. The molecule has 0 spiro atoms. The molecule has 0 aliphatic carbocycles. The molecule has 132 valence electrons. The smallest absolute Gasteiger partial charge is 0.130 e. The third-order valence-corrected chi connectivity index (χ3v) is 4.30. The molecule has 2 rings (SSSR count). The first-order valence-electron chi connectivity index (χ1n) is 8.73. The zero-order valence-electron chi connectivity index (χ0n) is 15.5. The van der Waals surface area contributed by atoms with Crippen LogP contribution >= 0.6 is 0 Å². The highest BCUT2D eigenvalue weighted by Gasteiger charge is 2.14. The number of benzene rings is 2. The van der Waals surface area contributed by atoms with Gasteiger partial charge in [0.15, 0.2) is 0 Å². The number of hydroxylamine groups is 1. The predicted octanol–water partition coefficient (Wildman–Crippen LogP) is 4.95. The van der Waals surface area contributed by atoms with Crippen LogP contribution in [0.15, 0.2) is 48.0 Å². The van der Waals surface area contributed by atoms with E-state index in [1.165, 1.54) is 0 Å². The number of nitrogens with zero attached hydrogens (tertiary/aromatic N) is 3. The minimum absolute atomic E-state index is 0.107. The minimum atomic E-state index is 0.107. The van der Waals surface area contributed by atoms with Crippen LogP contribution in [-0.2, 0) is 17.9 Å². The van der Waals surface area contributed by atoms with Crippen molar-refractivity contribution >= 4 is 11.8 Å². The van der Waals surface area contributed by atoms with E-state index >= 15 is 0 Å². The Bertz CT molecular complexity index is 841. The quantitative estimate of drug-likeness (QED) is 0.526. The summed E-state index contributed by atoms with van der Waals surface area (Å²) in [7, 11) is 0. The van der Waals surface area contributed by atoms with Gasteiger partial charge in [0, 0.05) is 6.54 Å². The number of anilines is 1. The molecule has 4 nitrogen and oxygen atoms in total. The van der Waals surface area contributed by atoms with E-state index in [4.69, 9.17) is 15.4 Å².